The summed E-state index contributed by atoms with van der Waals surface area (Å²) in [5, 5.41) is 10.2. The minimum absolute atomic E-state index is 0.237. The molecule has 0 aliphatic rings. The molecule has 0 bridgehead atoms. The fourth-order valence-corrected chi connectivity index (χ4v) is 2.31. The number of hydrogen-bond donors (Lipinski definition) is 2. The number of rotatable bonds is 5. The maximum atomic E-state index is 10.2. The molecular formula is C15H23N3O. The number of aromatic nitrogens is 2. The summed E-state index contributed by atoms with van der Waals surface area (Å²) in [5.74, 6) is 0.915. The van der Waals surface area contributed by atoms with Crippen LogP contribution in [0.15, 0.2) is 18.2 Å². The van der Waals surface area contributed by atoms with E-state index < -0.39 is 5.60 Å². The van der Waals surface area contributed by atoms with Crippen LogP contribution < -0.4 is 5.73 Å². The average molecular weight is 261 g/mol. The molecule has 0 fully saturated rings. The van der Waals surface area contributed by atoms with Crippen molar-refractivity contribution in [2.75, 3.05) is 6.54 Å². The highest BCUT2D eigenvalue weighted by Gasteiger charge is 2.22. The van der Waals surface area contributed by atoms with E-state index in [9.17, 15) is 5.11 Å². The number of imidazole rings is 1. The molecule has 2 rings (SSSR count). The highest BCUT2D eigenvalue weighted by atomic mass is 16.3. The summed E-state index contributed by atoms with van der Waals surface area (Å²) < 4.78 is 2.19. The van der Waals surface area contributed by atoms with Crippen molar-refractivity contribution in [3.05, 3.63) is 29.6 Å². The monoisotopic (exact) mass is 261 g/mol. The quantitative estimate of drug-likeness (QED) is 0.865. The van der Waals surface area contributed by atoms with E-state index in [1.165, 1.54) is 5.56 Å². The maximum absolute atomic E-state index is 10.2. The number of benzene rings is 1. The van der Waals surface area contributed by atoms with Crippen molar-refractivity contribution >= 4 is 11.0 Å². The van der Waals surface area contributed by atoms with Gasteiger partial charge in [0.05, 0.1) is 16.6 Å². The van der Waals surface area contributed by atoms with E-state index in [-0.39, 0.29) is 6.54 Å². The molecule has 2 aromatic rings. The predicted molar refractivity (Wildman–Crippen MR) is 78.1 cm³/mol. The summed E-state index contributed by atoms with van der Waals surface area (Å²) in [6.07, 6.45) is 1.52. The van der Waals surface area contributed by atoms with Gasteiger partial charge in [-0.05, 0) is 38.0 Å². The lowest BCUT2D eigenvalue weighted by Gasteiger charge is -2.21. The van der Waals surface area contributed by atoms with Gasteiger partial charge in [-0.3, -0.25) is 0 Å². The average Bonchev–Trinajstić information content (AvgIpc) is 2.66. The van der Waals surface area contributed by atoms with Crippen molar-refractivity contribution in [2.45, 2.75) is 45.8 Å². The number of fused-ring (bicyclic) bond motifs is 1. The Morgan fingerprint density at radius 3 is 2.79 bits per heavy atom. The van der Waals surface area contributed by atoms with Gasteiger partial charge in [0.1, 0.15) is 5.82 Å². The Hall–Kier alpha value is -1.39. The topological polar surface area (TPSA) is 64.1 Å². The Bertz CT molecular complexity index is 572. The van der Waals surface area contributed by atoms with Crippen LogP contribution in [0.1, 0.15) is 31.7 Å². The predicted octanol–water partition coefficient (Wildman–Crippen LogP) is 2.01. The number of aliphatic hydroxyl groups is 1. The minimum atomic E-state index is -0.901. The van der Waals surface area contributed by atoms with E-state index in [1.807, 2.05) is 0 Å². The summed E-state index contributed by atoms with van der Waals surface area (Å²) in [4.78, 5) is 4.67. The SMILES string of the molecule is CCCn1c(CC(C)(O)CN)nc2cc(C)ccc21. The fourth-order valence-electron chi connectivity index (χ4n) is 2.31. The molecule has 0 saturated carbocycles. The van der Waals surface area contributed by atoms with Crippen LogP contribution in [0.5, 0.6) is 0 Å². The Kier molecular flexibility index (Phi) is 3.92. The Labute approximate surface area is 114 Å². The summed E-state index contributed by atoms with van der Waals surface area (Å²) in [6.45, 7) is 7.11. The Morgan fingerprint density at radius 2 is 2.16 bits per heavy atom. The minimum Gasteiger partial charge on any atom is -0.388 e. The van der Waals surface area contributed by atoms with E-state index in [0.29, 0.717) is 6.42 Å². The summed E-state index contributed by atoms with van der Waals surface area (Å²) >= 11 is 0. The van der Waals surface area contributed by atoms with Gasteiger partial charge >= 0.3 is 0 Å². The molecule has 0 amide bonds. The number of nitrogens with two attached hydrogens (primary N) is 1. The van der Waals surface area contributed by atoms with Gasteiger partial charge in [-0.2, -0.15) is 0 Å². The first-order valence-corrected chi connectivity index (χ1v) is 6.85. The molecule has 0 aliphatic heterocycles. The molecule has 19 heavy (non-hydrogen) atoms. The molecule has 1 heterocycles. The molecule has 1 unspecified atom stereocenters. The molecule has 0 spiro atoms. The fraction of sp³-hybridized carbons (Fsp3) is 0.533. The first-order valence-electron chi connectivity index (χ1n) is 6.85. The highest BCUT2D eigenvalue weighted by Crippen LogP contribution is 2.21. The van der Waals surface area contributed by atoms with E-state index in [1.54, 1.807) is 6.92 Å². The van der Waals surface area contributed by atoms with Crippen LogP contribution in [-0.2, 0) is 13.0 Å². The molecule has 0 radical (unpaired) electrons. The Balaban J connectivity index is 2.49. The van der Waals surface area contributed by atoms with Crippen LogP contribution in [0.4, 0.5) is 0 Å². The second kappa shape index (κ2) is 5.31. The van der Waals surface area contributed by atoms with Crippen molar-refractivity contribution < 1.29 is 5.11 Å². The molecule has 1 aromatic heterocycles. The normalized spacial score (nSPS) is 14.8. The highest BCUT2D eigenvalue weighted by molar-refractivity contribution is 5.76. The lowest BCUT2D eigenvalue weighted by molar-refractivity contribution is 0.0667. The van der Waals surface area contributed by atoms with Crippen LogP contribution in [-0.4, -0.2) is 26.8 Å². The van der Waals surface area contributed by atoms with Gasteiger partial charge in [0.25, 0.3) is 0 Å². The zero-order valence-corrected chi connectivity index (χ0v) is 12.0. The number of nitrogens with zero attached hydrogens (tertiary/aromatic N) is 2. The van der Waals surface area contributed by atoms with Gasteiger partial charge in [0.15, 0.2) is 0 Å². The molecular weight excluding hydrogens is 238 g/mol. The third-order valence-corrected chi connectivity index (χ3v) is 3.41. The van der Waals surface area contributed by atoms with E-state index in [2.05, 4.69) is 41.6 Å². The van der Waals surface area contributed by atoms with Crippen LogP contribution in [0.25, 0.3) is 11.0 Å². The Morgan fingerprint density at radius 1 is 1.42 bits per heavy atom. The molecule has 1 atom stereocenters. The summed E-state index contributed by atoms with van der Waals surface area (Å²) in [7, 11) is 0. The first kappa shape index (κ1) is 14.0. The summed E-state index contributed by atoms with van der Waals surface area (Å²) in [5.41, 5.74) is 8.04. The van der Waals surface area contributed by atoms with Gasteiger partial charge in [-0.1, -0.05) is 13.0 Å². The molecule has 1 aromatic carbocycles. The van der Waals surface area contributed by atoms with Crippen molar-refractivity contribution in [3.8, 4) is 0 Å². The van der Waals surface area contributed by atoms with Gasteiger partial charge in [0.2, 0.25) is 0 Å². The second-order valence-corrected chi connectivity index (χ2v) is 5.55. The largest absolute Gasteiger partial charge is 0.388 e. The van der Waals surface area contributed by atoms with Crippen molar-refractivity contribution in [1.82, 2.24) is 9.55 Å². The third kappa shape index (κ3) is 2.96. The number of aryl methyl sites for hydroxylation is 2. The molecule has 4 heteroatoms. The number of hydrogen-bond acceptors (Lipinski definition) is 3. The smallest absolute Gasteiger partial charge is 0.112 e. The first-order chi connectivity index (χ1) is 8.96. The van der Waals surface area contributed by atoms with Gasteiger partial charge in [-0.25, -0.2) is 4.98 Å². The van der Waals surface area contributed by atoms with Gasteiger partial charge in [-0.15, -0.1) is 0 Å². The van der Waals surface area contributed by atoms with Gasteiger partial charge < -0.3 is 15.4 Å². The van der Waals surface area contributed by atoms with E-state index in [4.69, 9.17) is 5.73 Å². The zero-order valence-electron chi connectivity index (χ0n) is 12.0. The van der Waals surface area contributed by atoms with Gasteiger partial charge in [0, 0.05) is 19.5 Å². The lowest BCUT2D eigenvalue weighted by Crippen LogP contribution is -2.37. The van der Waals surface area contributed by atoms with Crippen LogP contribution >= 0.6 is 0 Å². The van der Waals surface area contributed by atoms with Crippen LogP contribution in [0.3, 0.4) is 0 Å². The molecule has 3 N–H and O–H groups in total. The lowest BCUT2D eigenvalue weighted by atomic mass is 10.0. The third-order valence-electron chi connectivity index (χ3n) is 3.41. The van der Waals surface area contributed by atoms with Crippen LogP contribution in [0.2, 0.25) is 0 Å². The maximum Gasteiger partial charge on any atom is 0.112 e. The molecule has 0 saturated heterocycles. The van der Waals surface area contributed by atoms with Crippen molar-refractivity contribution in [2.24, 2.45) is 5.73 Å². The van der Waals surface area contributed by atoms with Crippen molar-refractivity contribution in [1.29, 1.82) is 0 Å². The van der Waals surface area contributed by atoms with E-state index >= 15 is 0 Å². The standard InChI is InChI=1S/C15H23N3O/c1-4-7-18-13-6-5-11(2)8-12(13)17-14(18)9-15(3,19)10-16/h5-6,8,19H,4,7,9-10,16H2,1-3H3. The second-order valence-electron chi connectivity index (χ2n) is 5.55. The van der Waals surface area contributed by atoms with Crippen LogP contribution in [0, 0.1) is 6.92 Å². The van der Waals surface area contributed by atoms with E-state index in [0.717, 1.165) is 29.8 Å². The zero-order chi connectivity index (χ0) is 14.0. The molecule has 4 nitrogen and oxygen atoms in total. The molecule has 0 aliphatic carbocycles. The van der Waals surface area contributed by atoms with Crippen molar-refractivity contribution in [3.63, 3.8) is 0 Å². The summed E-state index contributed by atoms with van der Waals surface area (Å²) in [6, 6.07) is 6.29. The molecule has 104 valence electrons.